The largest absolute Gasteiger partial charge is 0.326 e. The second-order valence-electron chi connectivity index (χ2n) is 8.77. The van der Waals surface area contributed by atoms with Gasteiger partial charge in [0.2, 0.25) is 5.91 Å². The molecule has 0 radical (unpaired) electrons. The Balaban J connectivity index is 0.000000167. The summed E-state index contributed by atoms with van der Waals surface area (Å²) in [5.74, 6) is 1.06. The van der Waals surface area contributed by atoms with Gasteiger partial charge in [0.25, 0.3) is 0 Å². The number of fused-ring (bicyclic) bond motifs is 1. The van der Waals surface area contributed by atoms with Gasteiger partial charge in [-0.2, -0.15) is 0 Å². The summed E-state index contributed by atoms with van der Waals surface area (Å²) in [7, 11) is 2.27. The van der Waals surface area contributed by atoms with Crippen LogP contribution in [0, 0.1) is 12.8 Å². The zero-order chi connectivity index (χ0) is 24.1. The molecule has 2 aliphatic heterocycles. The van der Waals surface area contributed by atoms with Gasteiger partial charge in [0.15, 0.2) is 0 Å². The minimum absolute atomic E-state index is 0.128. The predicted octanol–water partition coefficient (Wildman–Crippen LogP) is 5.22. The van der Waals surface area contributed by atoms with Crippen LogP contribution in [-0.4, -0.2) is 49.8 Å². The van der Waals surface area contributed by atoms with E-state index in [0.717, 1.165) is 34.8 Å². The van der Waals surface area contributed by atoms with E-state index in [4.69, 9.17) is 4.79 Å². The monoisotopic (exact) mass is 515 g/mol. The molecule has 5 nitrogen and oxygen atoms in total. The summed E-state index contributed by atoms with van der Waals surface area (Å²) < 4.78 is 1.15. The standard InChI is InChI=1S/C9H18N2.C9H9NO.C7H7Br.C2H4O/c1-11(9-2-3-9)7-8-4-5-10-6-8;11-9-6-5-7-3-1-2-4-8(7)10-9;1-6-3-2-4-7(8)5-6;1-2-3/h8-10H,2-7H2,1H3;1-4H,5-6H2,(H,10,11);2-5H,1H3;2H,1H3. The number of nitrogens with one attached hydrogen (secondary N) is 2. The third-order valence-corrected chi connectivity index (χ3v) is 6.27. The van der Waals surface area contributed by atoms with Gasteiger partial charge < -0.3 is 20.3 Å². The summed E-state index contributed by atoms with van der Waals surface area (Å²) in [6.07, 6.45) is 6.52. The van der Waals surface area contributed by atoms with E-state index in [1.54, 1.807) is 0 Å². The fourth-order valence-electron chi connectivity index (χ4n) is 3.87. The number of nitrogens with zero attached hydrogens (tertiary/aromatic N) is 1. The Hall–Kier alpha value is -2.02. The Morgan fingerprint density at radius 2 is 1.82 bits per heavy atom. The Kier molecular flexibility index (Phi) is 12.4. The van der Waals surface area contributed by atoms with E-state index in [9.17, 15) is 4.79 Å². The molecule has 1 saturated heterocycles. The number of benzene rings is 2. The van der Waals surface area contributed by atoms with Crippen molar-refractivity contribution in [2.45, 2.75) is 52.0 Å². The quantitative estimate of drug-likeness (QED) is 0.549. The number of carbonyl (C=O) groups excluding carboxylic acids is 2. The molecule has 1 atom stereocenters. The lowest BCUT2D eigenvalue weighted by Gasteiger charge is -2.19. The smallest absolute Gasteiger partial charge is 0.224 e. The van der Waals surface area contributed by atoms with Crippen LogP contribution in [0.4, 0.5) is 5.69 Å². The number of aldehydes is 1. The lowest BCUT2D eigenvalue weighted by atomic mass is 10.0. The van der Waals surface area contributed by atoms with Crippen molar-refractivity contribution >= 4 is 33.8 Å². The van der Waals surface area contributed by atoms with Gasteiger partial charge >= 0.3 is 0 Å². The molecule has 1 unspecified atom stereocenters. The number of anilines is 1. The maximum absolute atomic E-state index is 10.9. The number of rotatable bonds is 3. The molecule has 3 aliphatic rings. The van der Waals surface area contributed by atoms with Crippen LogP contribution in [0.2, 0.25) is 0 Å². The summed E-state index contributed by atoms with van der Waals surface area (Å²) >= 11 is 3.36. The van der Waals surface area contributed by atoms with E-state index >= 15 is 0 Å². The fourth-order valence-corrected chi connectivity index (χ4v) is 4.38. The van der Waals surface area contributed by atoms with Crippen LogP contribution in [0.3, 0.4) is 0 Å². The van der Waals surface area contributed by atoms with E-state index in [1.807, 2.05) is 30.3 Å². The van der Waals surface area contributed by atoms with E-state index in [0.29, 0.717) is 6.42 Å². The van der Waals surface area contributed by atoms with Gasteiger partial charge in [-0.1, -0.05) is 51.8 Å². The topological polar surface area (TPSA) is 61.4 Å². The molecular formula is C27H38BrN3O2. The highest BCUT2D eigenvalue weighted by Gasteiger charge is 2.28. The van der Waals surface area contributed by atoms with Crippen LogP contribution in [-0.2, 0) is 16.0 Å². The highest BCUT2D eigenvalue weighted by Crippen LogP contribution is 2.26. The number of aryl methyl sites for hydroxylation is 2. The second-order valence-corrected chi connectivity index (χ2v) is 9.69. The average Bonchev–Trinajstić information content (AvgIpc) is 3.52. The minimum Gasteiger partial charge on any atom is -0.326 e. The van der Waals surface area contributed by atoms with E-state index < -0.39 is 0 Å². The lowest BCUT2D eigenvalue weighted by Crippen LogP contribution is -2.28. The molecule has 2 N–H and O–H groups in total. The molecule has 1 aliphatic carbocycles. The molecule has 2 aromatic rings. The third kappa shape index (κ3) is 11.1. The van der Waals surface area contributed by atoms with Crippen molar-refractivity contribution in [3.63, 3.8) is 0 Å². The van der Waals surface area contributed by atoms with Crippen molar-refractivity contribution in [1.82, 2.24) is 10.2 Å². The number of hydrogen-bond donors (Lipinski definition) is 2. The molecule has 0 spiro atoms. The van der Waals surface area contributed by atoms with Gasteiger partial charge in [-0.15, -0.1) is 0 Å². The van der Waals surface area contributed by atoms with Crippen LogP contribution in [0.25, 0.3) is 0 Å². The molecule has 2 fully saturated rings. The molecule has 2 aromatic carbocycles. The fraction of sp³-hybridized carbons (Fsp3) is 0.481. The molecule has 0 bridgehead atoms. The normalized spacial score (nSPS) is 18.3. The number of hydrogen-bond acceptors (Lipinski definition) is 4. The number of carbonyl (C=O) groups is 2. The number of para-hydroxylation sites is 1. The molecule has 0 aromatic heterocycles. The molecule has 180 valence electrons. The van der Waals surface area contributed by atoms with Crippen LogP contribution >= 0.6 is 15.9 Å². The molecule has 33 heavy (non-hydrogen) atoms. The molecular weight excluding hydrogens is 478 g/mol. The van der Waals surface area contributed by atoms with Gasteiger partial charge in [0.1, 0.15) is 6.29 Å². The Morgan fingerprint density at radius 3 is 2.39 bits per heavy atom. The maximum Gasteiger partial charge on any atom is 0.224 e. The van der Waals surface area contributed by atoms with Crippen LogP contribution in [0.5, 0.6) is 0 Å². The van der Waals surface area contributed by atoms with E-state index in [2.05, 4.69) is 63.6 Å². The summed E-state index contributed by atoms with van der Waals surface area (Å²) in [6.45, 7) is 7.32. The molecule has 6 heteroatoms. The predicted molar refractivity (Wildman–Crippen MR) is 141 cm³/mol. The lowest BCUT2D eigenvalue weighted by molar-refractivity contribution is -0.116. The first kappa shape index (κ1) is 27.2. The van der Waals surface area contributed by atoms with Crippen molar-refractivity contribution in [3.8, 4) is 0 Å². The zero-order valence-corrected chi connectivity index (χ0v) is 21.7. The van der Waals surface area contributed by atoms with Crippen molar-refractivity contribution in [2.24, 2.45) is 5.92 Å². The molecule has 1 amide bonds. The average molecular weight is 517 g/mol. The van der Waals surface area contributed by atoms with Crippen molar-refractivity contribution in [3.05, 3.63) is 64.1 Å². The van der Waals surface area contributed by atoms with E-state index in [1.165, 1.54) is 56.9 Å². The first-order chi connectivity index (χ1) is 15.9. The molecule has 1 saturated carbocycles. The summed E-state index contributed by atoms with van der Waals surface area (Å²) in [4.78, 5) is 22.3. The van der Waals surface area contributed by atoms with Gasteiger partial charge in [-0.25, -0.2) is 0 Å². The van der Waals surface area contributed by atoms with Crippen molar-refractivity contribution in [2.75, 3.05) is 32.0 Å². The van der Waals surface area contributed by atoms with Crippen LogP contribution in [0.1, 0.15) is 43.7 Å². The second kappa shape index (κ2) is 15.0. The molecule has 5 rings (SSSR count). The zero-order valence-electron chi connectivity index (χ0n) is 20.1. The highest BCUT2D eigenvalue weighted by molar-refractivity contribution is 9.10. The van der Waals surface area contributed by atoms with Crippen molar-refractivity contribution < 1.29 is 9.59 Å². The summed E-state index contributed by atoms with van der Waals surface area (Å²) in [6, 6.07) is 17.1. The van der Waals surface area contributed by atoms with Crippen LogP contribution in [0.15, 0.2) is 53.0 Å². The van der Waals surface area contributed by atoms with Gasteiger partial charge in [0, 0.05) is 29.2 Å². The van der Waals surface area contributed by atoms with Crippen LogP contribution < -0.4 is 10.6 Å². The maximum atomic E-state index is 10.9. The SMILES string of the molecule is CC=O.CN(CC1CCNC1)C1CC1.Cc1cccc(Br)c1.O=C1CCc2ccccc2N1. The van der Waals surface area contributed by atoms with Gasteiger partial charge in [0.05, 0.1) is 0 Å². The van der Waals surface area contributed by atoms with Crippen molar-refractivity contribution in [1.29, 1.82) is 0 Å². The first-order valence-electron chi connectivity index (χ1n) is 11.8. The third-order valence-electron chi connectivity index (χ3n) is 5.77. The molecule has 2 heterocycles. The Bertz CT molecular complexity index is 847. The van der Waals surface area contributed by atoms with Gasteiger partial charge in [-0.05, 0) is 89.3 Å². The van der Waals surface area contributed by atoms with E-state index in [-0.39, 0.29) is 5.91 Å². The highest BCUT2D eigenvalue weighted by atomic mass is 79.9. The first-order valence-corrected chi connectivity index (χ1v) is 12.6. The summed E-state index contributed by atoms with van der Waals surface area (Å²) in [5.41, 5.74) is 3.51. The number of amides is 1. The number of halogens is 1. The Morgan fingerprint density at radius 1 is 1.09 bits per heavy atom. The minimum atomic E-state index is 0.128. The Labute approximate surface area is 207 Å². The summed E-state index contributed by atoms with van der Waals surface area (Å²) in [5, 5.41) is 6.23. The van der Waals surface area contributed by atoms with Gasteiger partial charge in [-0.3, -0.25) is 4.79 Å².